The van der Waals surface area contributed by atoms with Crippen molar-refractivity contribution in [2.45, 2.75) is 39.5 Å². The van der Waals surface area contributed by atoms with Crippen molar-refractivity contribution in [2.24, 2.45) is 0 Å². The Labute approximate surface area is 120 Å². The quantitative estimate of drug-likeness (QED) is 0.756. The topological polar surface area (TPSA) is 61.3 Å². The van der Waals surface area contributed by atoms with Crippen molar-refractivity contribution in [1.82, 2.24) is 9.97 Å². The Morgan fingerprint density at radius 3 is 2.57 bits per heavy atom. The van der Waals surface area contributed by atoms with E-state index in [9.17, 15) is 18.0 Å². The van der Waals surface area contributed by atoms with Gasteiger partial charge in [0, 0.05) is 6.20 Å². The molecule has 0 radical (unpaired) electrons. The van der Waals surface area contributed by atoms with Crippen LogP contribution in [0.25, 0.3) is 0 Å². The van der Waals surface area contributed by atoms with E-state index in [4.69, 9.17) is 4.74 Å². The molecule has 21 heavy (non-hydrogen) atoms. The minimum absolute atomic E-state index is 0.0935. The van der Waals surface area contributed by atoms with E-state index in [0.29, 0.717) is 5.69 Å². The van der Waals surface area contributed by atoms with Crippen LogP contribution >= 0.6 is 0 Å². The van der Waals surface area contributed by atoms with Crippen LogP contribution in [0.4, 0.5) is 13.2 Å². The molecular formula is C13H17F3N2O3. The number of ether oxygens (including phenoxy) is 2. The van der Waals surface area contributed by atoms with Crippen molar-refractivity contribution in [2.75, 3.05) is 13.2 Å². The van der Waals surface area contributed by atoms with E-state index >= 15 is 0 Å². The smallest absolute Gasteiger partial charge is 0.411 e. The zero-order chi connectivity index (χ0) is 16.0. The van der Waals surface area contributed by atoms with E-state index < -0.39 is 18.8 Å². The van der Waals surface area contributed by atoms with Crippen molar-refractivity contribution in [3.05, 3.63) is 23.3 Å². The lowest BCUT2D eigenvalue weighted by atomic mass is 10.1. The fourth-order valence-corrected chi connectivity index (χ4v) is 1.57. The summed E-state index contributed by atoms with van der Waals surface area (Å²) in [5, 5.41) is 0. The van der Waals surface area contributed by atoms with Crippen molar-refractivity contribution in [3.63, 3.8) is 0 Å². The lowest BCUT2D eigenvalue weighted by Crippen LogP contribution is -2.18. The monoisotopic (exact) mass is 306 g/mol. The highest BCUT2D eigenvalue weighted by Gasteiger charge is 2.27. The summed E-state index contributed by atoms with van der Waals surface area (Å²) < 4.78 is 45.4. The Bertz CT molecular complexity index is 490. The Kier molecular flexibility index (Phi) is 6.07. The summed E-state index contributed by atoms with van der Waals surface area (Å²) >= 11 is 0. The summed E-state index contributed by atoms with van der Waals surface area (Å²) in [7, 11) is 0. The molecule has 8 heteroatoms. The SMILES string of the molecule is CCOC(=O)c1cnc(COCC(F)(F)F)nc1C(C)C. The number of hydrogen-bond acceptors (Lipinski definition) is 5. The van der Waals surface area contributed by atoms with E-state index in [-0.39, 0.29) is 30.5 Å². The third-order valence-corrected chi connectivity index (χ3v) is 2.41. The molecule has 0 bridgehead atoms. The molecule has 0 atom stereocenters. The third-order valence-electron chi connectivity index (χ3n) is 2.41. The van der Waals surface area contributed by atoms with Crippen LogP contribution in [0.1, 0.15) is 48.6 Å². The number of halogens is 3. The van der Waals surface area contributed by atoms with E-state index in [1.807, 2.05) is 13.8 Å². The molecule has 0 N–H and O–H groups in total. The second-order valence-electron chi connectivity index (χ2n) is 4.57. The molecule has 1 aromatic heterocycles. The number of nitrogens with zero attached hydrogens (tertiary/aromatic N) is 2. The highest BCUT2D eigenvalue weighted by molar-refractivity contribution is 5.90. The molecule has 0 aliphatic rings. The van der Waals surface area contributed by atoms with E-state index in [2.05, 4.69) is 14.7 Å². The van der Waals surface area contributed by atoms with E-state index in [1.165, 1.54) is 6.20 Å². The minimum atomic E-state index is -4.40. The Morgan fingerprint density at radius 1 is 1.38 bits per heavy atom. The van der Waals surface area contributed by atoms with E-state index in [0.717, 1.165) is 0 Å². The summed E-state index contributed by atoms with van der Waals surface area (Å²) in [6.07, 6.45) is -3.14. The summed E-state index contributed by atoms with van der Waals surface area (Å²) in [6.45, 7) is 3.77. The third kappa shape index (κ3) is 5.66. The Balaban J connectivity index is 2.86. The largest absolute Gasteiger partial charge is 0.462 e. The zero-order valence-electron chi connectivity index (χ0n) is 12.0. The molecule has 1 heterocycles. The maximum atomic E-state index is 12.0. The number of esters is 1. The molecule has 0 spiro atoms. The van der Waals surface area contributed by atoms with Gasteiger partial charge in [0.15, 0.2) is 5.82 Å². The fraction of sp³-hybridized carbons (Fsp3) is 0.615. The summed E-state index contributed by atoms with van der Waals surface area (Å²) in [5.41, 5.74) is 0.639. The van der Waals surface area contributed by atoms with Crippen LogP contribution in [0, 0.1) is 0 Å². The van der Waals surface area contributed by atoms with Gasteiger partial charge in [-0.15, -0.1) is 0 Å². The van der Waals surface area contributed by atoms with Gasteiger partial charge < -0.3 is 9.47 Å². The van der Waals surface area contributed by atoms with Crippen molar-refractivity contribution in [3.8, 4) is 0 Å². The van der Waals surface area contributed by atoms with Gasteiger partial charge in [-0.1, -0.05) is 13.8 Å². The lowest BCUT2D eigenvalue weighted by molar-refractivity contribution is -0.177. The van der Waals surface area contributed by atoms with Gasteiger partial charge in [-0.25, -0.2) is 14.8 Å². The number of aromatic nitrogens is 2. The maximum Gasteiger partial charge on any atom is 0.411 e. The predicted molar refractivity (Wildman–Crippen MR) is 67.8 cm³/mol. The second kappa shape index (κ2) is 7.35. The lowest BCUT2D eigenvalue weighted by Gasteiger charge is -2.12. The zero-order valence-corrected chi connectivity index (χ0v) is 12.0. The first-order chi connectivity index (χ1) is 9.74. The number of carbonyl (C=O) groups excluding carboxylic acids is 1. The number of carbonyl (C=O) groups is 1. The van der Waals surface area contributed by atoms with Crippen LogP contribution in [0.5, 0.6) is 0 Å². The van der Waals surface area contributed by atoms with Crippen molar-refractivity contribution >= 4 is 5.97 Å². The molecule has 0 aromatic carbocycles. The first kappa shape index (κ1) is 17.4. The summed E-state index contributed by atoms with van der Waals surface area (Å²) in [6, 6.07) is 0. The van der Waals surface area contributed by atoms with Crippen molar-refractivity contribution < 1.29 is 27.4 Å². The predicted octanol–water partition coefficient (Wildman–Crippen LogP) is 2.86. The maximum absolute atomic E-state index is 12.0. The summed E-state index contributed by atoms with van der Waals surface area (Å²) in [4.78, 5) is 19.7. The van der Waals surface area contributed by atoms with Gasteiger partial charge in [-0.2, -0.15) is 13.2 Å². The first-order valence-electron chi connectivity index (χ1n) is 6.42. The van der Waals surface area contributed by atoms with Crippen LogP contribution in [-0.2, 0) is 16.1 Å². The van der Waals surface area contributed by atoms with Gasteiger partial charge >= 0.3 is 12.1 Å². The molecule has 0 unspecified atom stereocenters. The molecule has 1 aromatic rings. The number of rotatable bonds is 6. The molecule has 0 amide bonds. The van der Waals surface area contributed by atoms with Crippen LogP contribution in [-0.4, -0.2) is 35.3 Å². The summed E-state index contributed by atoms with van der Waals surface area (Å²) in [5.74, 6) is -0.561. The minimum Gasteiger partial charge on any atom is -0.462 e. The van der Waals surface area contributed by atoms with Gasteiger partial charge in [-0.05, 0) is 12.8 Å². The second-order valence-corrected chi connectivity index (χ2v) is 4.57. The van der Waals surface area contributed by atoms with Gasteiger partial charge in [0.2, 0.25) is 0 Å². The van der Waals surface area contributed by atoms with Gasteiger partial charge in [-0.3, -0.25) is 0 Å². The number of alkyl halides is 3. The molecule has 118 valence electrons. The van der Waals surface area contributed by atoms with Gasteiger partial charge in [0.1, 0.15) is 13.2 Å². The van der Waals surface area contributed by atoms with Crippen molar-refractivity contribution in [1.29, 1.82) is 0 Å². The highest BCUT2D eigenvalue weighted by Crippen LogP contribution is 2.19. The molecule has 5 nitrogen and oxygen atoms in total. The first-order valence-corrected chi connectivity index (χ1v) is 6.42. The average molecular weight is 306 g/mol. The molecule has 0 aliphatic heterocycles. The van der Waals surface area contributed by atoms with Crippen LogP contribution < -0.4 is 0 Å². The molecule has 0 aliphatic carbocycles. The van der Waals surface area contributed by atoms with Crippen LogP contribution in [0.15, 0.2) is 6.20 Å². The Hall–Kier alpha value is -1.70. The van der Waals surface area contributed by atoms with Crippen LogP contribution in [0.2, 0.25) is 0 Å². The highest BCUT2D eigenvalue weighted by atomic mass is 19.4. The molecule has 0 saturated carbocycles. The molecule has 0 saturated heterocycles. The molecule has 0 fully saturated rings. The normalized spacial score (nSPS) is 11.8. The number of hydrogen-bond donors (Lipinski definition) is 0. The van der Waals surface area contributed by atoms with Gasteiger partial charge in [0.05, 0.1) is 17.9 Å². The fourth-order valence-electron chi connectivity index (χ4n) is 1.57. The van der Waals surface area contributed by atoms with E-state index in [1.54, 1.807) is 6.92 Å². The van der Waals surface area contributed by atoms with Gasteiger partial charge in [0.25, 0.3) is 0 Å². The molecule has 1 rings (SSSR count). The molecular weight excluding hydrogens is 289 g/mol. The van der Waals surface area contributed by atoms with Crippen LogP contribution in [0.3, 0.4) is 0 Å². The Morgan fingerprint density at radius 2 is 2.05 bits per heavy atom. The average Bonchev–Trinajstić information content (AvgIpc) is 2.37. The standard InChI is InChI=1S/C13H17F3N2O3/c1-4-21-12(19)9-5-17-10(18-11(9)8(2)3)6-20-7-13(14,15)16/h5,8H,4,6-7H2,1-3H3.